The molecule has 10 heteroatoms. The Hall–Kier alpha value is -2.91. The van der Waals surface area contributed by atoms with Crippen LogP contribution in [0.3, 0.4) is 0 Å². The Kier molecular flexibility index (Phi) is 5.72. The lowest BCUT2D eigenvalue weighted by molar-refractivity contribution is -0.141. The number of carbonyl (C=O) groups is 4. The number of nitrogens with two attached hydrogens (primary N) is 1. The summed E-state index contributed by atoms with van der Waals surface area (Å²) in [6.07, 6.45) is 6.01. The summed E-state index contributed by atoms with van der Waals surface area (Å²) in [5.74, 6) is -1.49. The first-order chi connectivity index (χ1) is 13.0. The van der Waals surface area contributed by atoms with E-state index in [9.17, 15) is 19.2 Å². The zero-order chi connectivity index (χ0) is 19.4. The first-order valence-electron chi connectivity index (χ1n) is 9.12. The van der Waals surface area contributed by atoms with E-state index in [0.717, 1.165) is 0 Å². The van der Waals surface area contributed by atoms with Gasteiger partial charge in [-0.3, -0.25) is 19.2 Å². The predicted molar refractivity (Wildman–Crippen MR) is 93.9 cm³/mol. The summed E-state index contributed by atoms with van der Waals surface area (Å²) in [6.45, 7) is 0.419. The van der Waals surface area contributed by atoms with Crippen molar-refractivity contribution >= 4 is 23.6 Å². The topological polar surface area (TPSA) is 150 Å². The highest BCUT2D eigenvalue weighted by Gasteiger charge is 2.37. The van der Waals surface area contributed by atoms with Crippen molar-refractivity contribution in [3.8, 4) is 0 Å². The van der Waals surface area contributed by atoms with E-state index in [4.69, 9.17) is 5.73 Å². The molecule has 4 amide bonds. The van der Waals surface area contributed by atoms with Gasteiger partial charge in [0.05, 0.1) is 6.33 Å². The molecule has 3 atom stereocenters. The van der Waals surface area contributed by atoms with Crippen molar-refractivity contribution in [2.24, 2.45) is 5.73 Å². The molecule has 1 aromatic heterocycles. The lowest BCUT2D eigenvalue weighted by Crippen LogP contribution is -2.57. The fourth-order valence-corrected chi connectivity index (χ4v) is 3.62. The molecule has 3 unspecified atom stereocenters. The van der Waals surface area contributed by atoms with Gasteiger partial charge in [-0.2, -0.15) is 0 Å². The highest BCUT2D eigenvalue weighted by atomic mass is 16.2. The van der Waals surface area contributed by atoms with Crippen molar-refractivity contribution in [1.82, 2.24) is 25.5 Å². The van der Waals surface area contributed by atoms with Crippen molar-refractivity contribution < 1.29 is 19.2 Å². The number of nitrogens with one attached hydrogen (secondary N) is 3. The number of imidazole rings is 1. The minimum absolute atomic E-state index is 0.175. The largest absolute Gasteiger partial charge is 0.368 e. The number of hydrogen-bond donors (Lipinski definition) is 4. The van der Waals surface area contributed by atoms with Gasteiger partial charge in [0, 0.05) is 31.3 Å². The van der Waals surface area contributed by atoms with Gasteiger partial charge in [0.25, 0.3) is 0 Å². The average molecular weight is 376 g/mol. The highest BCUT2D eigenvalue weighted by molar-refractivity contribution is 5.94. The first-order valence-corrected chi connectivity index (χ1v) is 9.12. The van der Waals surface area contributed by atoms with E-state index in [1.807, 2.05) is 0 Å². The number of hydrogen-bond acceptors (Lipinski definition) is 5. The molecule has 2 aliphatic rings. The summed E-state index contributed by atoms with van der Waals surface area (Å²) in [5, 5.41) is 5.38. The Labute approximate surface area is 156 Å². The van der Waals surface area contributed by atoms with E-state index >= 15 is 0 Å². The fourth-order valence-electron chi connectivity index (χ4n) is 3.62. The third-order valence-electron chi connectivity index (χ3n) is 5.01. The molecule has 2 saturated heterocycles. The molecule has 0 aromatic carbocycles. The molecular formula is C17H24N6O4. The number of rotatable bonds is 6. The molecule has 3 rings (SSSR count). The molecule has 5 N–H and O–H groups in total. The van der Waals surface area contributed by atoms with Gasteiger partial charge in [0.1, 0.15) is 18.1 Å². The maximum atomic E-state index is 13.1. The number of aromatic nitrogens is 2. The van der Waals surface area contributed by atoms with E-state index in [0.29, 0.717) is 44.3 Å². The molecule has 0 aliphatic carbocycles. The summed E-state index contributed by atoms with van der Waals surface area (Å²) in [5.41, 5.74) is 6.09. The number of carbonyl (C=O) groups excluding carboxylic acids is 4. The van der Waals surface area contributed by atoms with Gasteiger partial charge in [-0.15, -0.1) is 0 Å². The second kappa shape index (κ2) is 8.19. The van der Waals surface area contributed by atoms with Crippen LogP contribution in [0.4, 0.5) is 0 Å². The lowest BCUT2D eigenvalue weighted by atomic mass is 10.0. The van der Waals surface area contributed by atoms with Gasteiger partial charge in [-0.25, -0.2) is 4.98 Å². The second-order valence-corrected chi connectivity index (χ2v) is 6.95. The zero-order valence-electron chi connectivity index (χ0n) is 14.9. The molecule has 10 nitrogen and oxygen atoms in total. The third-order valence-corrected chi connectivity index (χ3v) is 5.01. The number of nitrogens with zero attached hydrogens (tertiary/aromatic N) is 2. The lowest BCUT2D eigenvalue weighted by Gasteiger charge is -2.29. The Morgan fingerprint density at radius 2 is 2.15 bits per heavy atom. The molecule has 3 heterocycles. The van der Waals surface area contributed by atoms with Gasteiger partial charge in [0.15, 0.2) is 0 Å². The zero-order valence-corrected chi connectivity index (χ0v) is 14.9. The van der Waals surface area contributed by atoms with Crippen molar-refractivity contribution in [2.45, 2.75) is 56.7 Å². The quantitative estimate of drug-likeness (QED) is 0.481. The Morgan fingerprint density at radius 3 is 2.81 bits per heavy atom. The van der Waals surface area contributed by atoms with Crippen LogP contribution in [0.2, 0.25) is 0 Å². The second-order valence-electron chi connectivity index (χ2n) is 6.95. The number of piperidine rings is 1. The van der Waals surface area contributed by atoms with E-state index < -0.39 is 29.9 Å². The summed E-state index contributed by atoms with van der Waals surface area (Å²) < 4.78 is 0. The molecule has 27 heavy (non-hydrogen) atoms. The van der Waals surface area contributed by atoms with Crippen LogP contribution in [0.5, 0.6) is 0 Å². The monoisotopic (exact) mass is 376 g/mol. The number of amides is 4. The molecule has 1 aromatic rings. The Morgan fingerprint density at radius 1 is 1.33 bits per heavy atom. The van der Waals surface area contributed by atoms with Crippen molar-refractivity contribution in [1.29, 1.82) is 0 Å². The summed E-state index contributed by atoms with van der Waals surface area (Å²) in [4.78, 5) is 57.1. The predicted octanol–water partition coefficient (Wildman–Crippen LogP) is -1.42. The van der Waals surface area contributed by atoms with Crippen molar-refractivity contribution in [3.05, 3.63) is 18.2 Å². The molecule has 0 spiro atoms. The van der Waals surface area contributed by atoms with Crippen LogP contribution >= 0.6 is 0 Å². The number of primary amides is 1. The summed E-state index contributed by atoms with van der Waals surface area (Å²) in [7, 11) is 0. The van der Waals surface area contributed by atoms with Gasteiger partial charge in [0.2, 0.25) is 23.6 Å². The van der Waals surface area contributed by atoms with Gasteiger partial charge < -0.3 is 26.3 Å². The fraction of sp³-hybridized carbons (Fsp3) is 0.588. The van der Waals surface area contributed by atoms with Crippen molar-refractivity contribution in [3.63, 3.8) is 0 Å². The van der Waals surface area contributed by atoms with Gasteiger partial charge >= 0.3 is 0 Å². The molecule has 0 radical (unpaired) electrons. The van der Waals surface area contributed by atoms with Crippen LogP contribution in [-0.4, -0.2) is 63.2 Å². The van der Waals surface area contributed by atoms with Crippen LogP contribution in [0.25, 0.3) is 0 Å². The van der Waals surface area contributed by atoms with Crippen LogP contribution in [0.15, 0.2) is 12.5 Å². The standard InChI is InChI=1S/C17H24N6O4/c18-15(25)13-4-2-6-23(13)17(27)12(7-10-8-19-9-20-10)22-16(26)11-3-1-5-14(24)21-11/h8-9,11-13H,1-7H2,(H2,18,25)(H,19,20)(H,21,24)(H,22,26). The maximum absolute atomic E-state index is 13.1. The van der Waals surface area contributed by atoms with Crippen LogP contribution in [-0.2, 0) is 25.6 Å². The SMILES string of the molecule is NC(=O)C1CCCN1C(=O)C(Cc1cnc[nH]1)NC(=O)C1CCCC(=O)N1. The molecule has 146 valence electrons. The summed E-state index contributed by atoms with van der Waals surface area (Å²) in [6, 6.07) is -2.20. The average Bonchev–Trinajstić information content (AvgIpc) is 3.32. The smallest absolute Gasteiger partial charge is 0.246 e. The normalized spacial score (nSPS) is 23.6. The minimum Gasteiger partial charge on any atom is -0.368 e. The number of likely N-dealkylation sites (tertiary alicyclic amines) is 1. The summed E-state index contributed by atoms with van der Waals surface area (Å²) >= 11 is 0. The molecule has 2 aliphatic heterocycles. The van der Waals surface area contributed by atoms with E-state index in [2.05, 4.69) is 20.6 Å². The highest BCUT2D eigenvalue weighted by Crippen LogP contribution is 2.19. The molecule has 2 fully saturated rings. The van der Waals surface area contributed by atoms with Gasteiger partial charge in [-0.1, -0.05) is 0 Å². The Bertz CT molecular complexity index is 719. The molecular weight excluding hydrogens is 352 g/mol. The number of aromatic amines is 1. The van der Waals surface area contributed by atoms with Gasteiger partial charge in [-0.05, 0) is 25.7 Å². The number of H-pyrrole nitrogens is 1. The first kappa shape index (κ1) is 18.9. The van der Waals surface area contributed by atoms with Crippen LogP contribution in [0, 0.1) is 0 Å². The van der Waals surface area contributed by atoms with Crippen LogP contribution < -0.4 is 16.4 Å². The van der Waals surface area contributed by atoms with E-state index in [-0.39, 0.29) is 18.2 Å². The Balaban J connectivity index is 1.74. The maximum Gasteiger partial charge on any atom is 0.246 e. The minimum atomic E-state index is -0.878. The third kappa shape index (κ3) is 4.44. The molecule has 0 saturated carbocycles. The molecule has 0 bridgehead atoms. The van der Waals surface area contributed by atoms with E-state index in [1.165, 1.54) is 11.2 Å². The van der Waals surface area contributed by atoms with Crippen LogP contribution in [0.1, 0.15) is 37.8 Å². The van der Waals surface area contributed by atoms with E-state index in [1.54, 1.807) is 6.20 Å². The van der Waals surface area contributed by atoms with Crippen molar-refractivity contribution in [2.75, 3.05) is 6.54 Å².